The van der Waals surface area contributed by atoms with Crippen molar-refractivity contribution in [2.45, 2.75) is 32.2 Å². The largest absolute Gasteiger partial charge is 0.356 e. The second-order valence-corrected chi connectivity index (χ2v) is 5.02. The van der Waals surface area contributed by atoms with Gasteiger partial charge in [-0.15, -0.1) is 0 Å². The molecule has 0 saturated carbocycles. The molecule has 1 heterocycles. The number of amides is 1. The first-order valence-corrected chi connectivity index (χ1v) is 6.82. The second kappa shape index (κ2) is 6.55. The van der Waals surface area contributed by atoms with Crippen LogP contribution in [0.5, 0.6) is 0 Å². The fourth-order valence-corrected chi connectivity index (χ4v) is 2.50. The van der Waals surface area contributed by atoms with Crippen LogP contribution in [0.15, 0.2) is 30.3 Å². The lowest BCUT2D eigenvalue weighted by atomic mass is 10.0. The summed E-state index contributed by atoms with van der Waals surface area (Å²) in [6.07, 6.45) is 3.00. The summed E-state index contributed by atoms with van der Waals surface area (Å²) in [6, 6.07) is 10.7. The van der Waals surface area contributed by atoms with Crippen molar-refractivity contribution >= 4 is 5.91 Å². The maximum Gasteiger partial charge on any atom is 0.224 e. The molecule has 1 saturated heterocycles. The van der Waals surface area contributed by atoms with Gasteiger partial charge in [-0.1, -0.05) is 30.3 Å². The quantitative estimate of drug-likeness (QED) is 0.777. The molecule has 3 heteroatoms. The molecule has 0 aliphatic carbocycles. The van der Waals surface area contributed by atoms with E-state index in [1.165, 1.54) is 5.56 Å². The Morgan fingerprint density at radius 3 is 2.83 bits per heavy atom. The molecule has 1 aromatic rings. The van der Waals surface area contributed by atoms with Gasteiger partial charge in [0.15, 0.2) is 0 Å². The van der Waals surface area contributed by atoms with Crippen LogP contribution in [0.1, 0.15) is 25.3 Å². The molecule has 1 aromatic carbocycles. The molecule has 2 rings (SSSR count). The monoisotopic (exact) mass is 246 g/mol. The molecule has 0 radical (unpaired) electrons. The van der Waals surface area contributed by atoms with Crippen molar-refractivity contribution in [1.82, 2.24) is 10.6 Å². The highest BCUT2D eigenvalue weighted by Gasteiger charge is 2.28. The van der Waals surface area contributed by atoms with E-state index in [-0.39, 0.29) is 11.8 Å². The third-order valence-corrected chi connectivity index (χ3v) is 3.65. The van der Waals surface area contributed by atoms with Gasteiger partial charge in [0, 0.05) is 12.6 Å². The van der Waals surface area contributed by atoms with Crippen LogP contribution in [0.2, 0.25) is 0 Å². The minimum absolute atomic E-state index is 0.154. The highest BCUT2D eigenvalue weighted by molar-refractivity contribution is 5.79. The molecular weight excluding hydrogens is 224 g/mol. The average molecular weight is 246 g/mol. The summed E-state index contributed by atoms with van der Waals surface area (Å²) in [7, 11) is 0. The van der Waals surface area contributed by atoms with Gasteiger partial charge in [0.1, 0.15) is 0 Å². The molecule has 18 heavy (non-hydrogen) atoms. The zero-order valence-corrected chi connectivity index (χ0v) is 11.0. The summed E-state index contributed by atoms with van der Waals surface area (Å²) in [5.41, 5.74) is 1.34. The molecule has 0 spiro atoms. The van der Waals surface area contributed by atoms with Crippen LogP contribution in [0.3, 0.4) is 0 Å². The summed E-state index contributed by atoms with van der Waals surface area (Å²) in [5.74, 6) is 0.363. The minimum atomic E-state index is 0.154. The third-order valence-electron chi connectivity index (χ3n) is 3.65. The Hall–Kier alpha value is -1.35. The number of aryl methyl sites for hydroxylation is 1. The highest BCUT2D eigenvalue weighted by atomic mass is 16.1. The summed E-state index contributed by atoms with van der Waals surface area (Å²) in [6.45, 7) is 3.82. The topological polar surface area (TPSA) is 41.1 Å². The molecule has 2 atom stereocenters. The van der Waals surface area contributed by atoms with Gasteiger partial charge in [-0.25, -0.2) is 0 Å². The van der Waals surface area contributed by atoms with Gasteiger partial charge in [-0.05, 0) is 38.3 Å². The third kappa shape index (κ3) is 3.57. The van der Waals surface area contributed by atoms with E-state index in [1.807, 2.05) is 6.07 Å². The Balaban J connectivity index is 1.65. The van der Waals surface area contributed by atoms with Crippen LogP contribution in [-0.2, 0) is 11.2 Å². The number of nitrogens with one attached hydrogen (secondary N) is 2. The number of carbonyl (C=O) groups is 1. The molecule has 1 aliphatic rings. The van der Waals surface area contributed by atoms with Gasteiger partial charge in [-0.3, -0.25) is 4.79 Å². The van der Waals surface area contributed by atoms with Crippen molar-refractivity contribution in [1.29, 1.82) is 0 Å². The van der Waals surface area contributed by atoms with Crippen molar-refractivity contribution in [3.05, 3.63) is 35.9 Å². The molecular formula is C15H22N2O. The van der Waals surface area contributed by atoms with Crippen molar-refractivity contribution < 1.29 is 4.79 Å². The Kier molecular flexibility index (Phi) is 4.76. The van der Waals surface area contributed by atoms with E-state index in [1.54, 1.807) is 0 Å². The summed E-state index contributed by atoms with van der Waals surface area (Å²) >= 11 is 0. The zero-order chi connectivity index (χ0) is 12.8. The lowest BCUT2D eigenvalue weighted by Crippen LogP contribution is -2.37. The fourth-order valence-electron chi connectivity index (χ4n) is 2.50. The molecule has 0 bridgehead atoms. The van der Waals surface area contributed by atoms with Crippen LogP contribution in [0, 0.1) is 5.92 Å². The van der Waals surface area contributed by atoms with Gasteiger partial charge < -0.3 is 10.6 Å². The van der Waals surface area contributed by atoms with E-state index in [0.717, 1.165) is 32.4 Å². The molecule has 0 aromatic heterocycles. The number of benzene rings is 1. The van der Waals surface area contributed by atoms with Crippen molar-refractivity contribution in [2.75, 3.05) is 13.1 Å². The second-order valence-electron chi connectivity index (χ2n) is 5.02. The van der Waals surface area contributed by atoms with Crippen LogP contribution in [0.4, 0.5) is 0 Å². The standard InChI is InChI=1S/C15H22N2O/c1-12-14(9-11-16-12)15(18)17-10-5-8-13-6-3-2-4-7-13/h2-4,6-7,12,14,16H,5,8-11H2,1H3,(H,17,18). The van der Waals surface area contributed by atoms with Gasteiger partial charge in [-0.2, -0.15) is 0 Å². The van der Waals surface area contributed by atoms with Gasteiger partial charge in [0.25, 0.3) is 0 Å². The highest BCUT2D eigenvalue weighted by Crippen LogP contribution is 2.14. The van der Waals surface area contributed by atoms with E-state index in [0.29, 0.717) is 6.04 Å². The first-order chi connectivity index (χ1) is 8.77. The zero-order valence-electron chi connectivity index (χ0n) is 11.0. The molecule has 1 aliphatic heterocycles. The maximum atomic E-state index is 11.9. The summed E-state index contributed by atoms with van der Waals surface area (Å²) in [5, 5.41) is 6.35. The fraction of sp³-hybridized carbons (Fsp3) is 0.533. The number of hydrogen-bond acceptors (Lipinski definition) is 2. The van der Waals surface area contributed by atoms with Crippen LogP contribution in [0.25, 0.3) is 0 Å². The molecule has 2 unspecified atom stereocenters. The average Bonchev–Trinajstić information content (AvgIpc) is 2.82. The van der Waals surface area contributed by atoms with E-state index in [4.69, 9.17) is 0 Å². The molecule has 1 amide bonds. The van der Waals surface area contributed by atoms with Gasteiger partial charge >= 0.3 is 0 Å². The van der Waals surface area contributed by atoms with Crippen molar-refractivity contribution in [2.24, 2.45) is 5.92 Å². The molecule has 2 N–H and O–H groups in total. The normalized spacial score (nSPS) is 22.9. The number of rotatable bonds is 5. The molecule has 3 nitrogen and oxygen atoms in total. The van der Waals surface area contributed by atoms with Crippen molar-refractivity contribution in [3.63, 3.8) is 0 Å². The van der Waals surface area contributed by atoms with E-state index in [9.17, 15) is 4.79 Å². The van der Waals surface area contributed by atoms with Crippen molar-refractivity contribution in [3.8, 4) is 0 Å². The lowest BCUT2D eigenvalue weighted by molar-refractivity contribution is -0.125. The first-order valence-electron chi connectivity index (χ1n) is 6.82. The number of carbonyl (C=O) groups excluding carboxylic acids is 1. The maximum absolute atomic E-state index is 11.9. The van der Waals surface area contributed by atoms with Gasteiger partial charge in [0.2, 0.25) is 5.91 Å². The Morgan fingerprint density at radius 1 is 1.39 bits per heavy atom. The minimum Gasteiger partial charge on any atom is -0.356 e. The SMILES string of the molecule is CC1NCCC1C(=O)NCCCc1ccccc1. The van der Waals surface area contributed by atoms with Crippen LogP contribution in [-0.4, -0.2) is 25.0 Å². The Morgan fingerprint density at radius 2 is 2.17 bits per heavy atom. The smallest absolute Gasteiger partial charge is 0.224 e. The number of hydrogen-bond donors (Lipinski definition) is 2. The van der Waals surface area contributed by atoms with E-state index < -0.39 is 0 Å². The first kappa shape index (κ1) is 13.1. The Labute approximate surface area is 109 Å². The summed E-state index contributed by atoms with van der Waals surface area (Å²) in [4.78, 5) is 11.9. The van der Waals surface area contributed by atoms with Crippen LogP contribution >= 0.6 is 0 Å². The van der Waals surface area contributed by atoms with E-state index >= 15 is 0 Å². The van der Waals surface area contributed by atoms with Gasteiger partial charge in [0.05, 0.1) is 5.92 Å². The molecule has 98 valence electrons. The lowest BCUT2D eigenvalue weighted by Gasteiger charge is -2.14. The predicted molar refractivity (Wildman–Crippen MR) is 73.3 cm³/mol. The molecule has 1 fully saturated rings. The van der Waals surface area contributed by atoms with Crippen LogP contribution < -0.4 is 10.6 Å². The predicted octanol–water partition coefficient (Wildman–Crippen LogP) is 1.73. The Bertz CT molecular complexity index is 377. The summed E-state index contributed by atoms with van der Waals surface area (Å²) < 4.78 is 0. The van der Waals surface area contributed by atoms with E-state index in [2.05, 4.69) is 41.8 Å².